The van der Waals surface area contributed by atoms with Crippen molar-refractivity contribution in [3.05, 3.63) is 82.9 Å². The Morgan fingerprint density at radius 3 is 2.67 bits per heavy atom. The Morgan fingerprint density at radius 2 is 1.88 bits per heavy atom. The molecule has 0 unspecified atom stereocenters. The second-order valence-corrected chi connectivity index (χ2v) is 5.98. The first-order valence-corrected chi connectivity index (χ1v) is 8.17. The predicted molar refractivity (Wildman–Crippen MR) is 97.9 cm³/mol. The molecule has 120 valence electrons. The van der Waals surface area contributed by atoms with Crippen molar-refractivity contribution in [3.8, 4) is 0 Å². The molecule has 2 aromatic heterocycles. The van der Waals surface area contributed by atoms with Crippen molar-refractivity contribution in [1.82, 2.24) is 9.97 Å². The molecule has 1 amide bonds. The number of aromatic nitrogens is 2. The number of benzene rings is 1. The first-order chi connectivity index (χ1) is 11.7. The Hall–Kier alpha value is -2.73. The van der Waals surface area contributed by atoms with Gasteiger partial charge in [-0.3, -0.25) is 14.8 Å². The predicted octanol–water partition coefficient (Wildman–Crippen LogP) is 4.10. The number of hydrogen-bond acceptors (Lipinski definition) is 4. The van der Waals surface area contributed by atoms with Crippen LogP contribution in [0.15, 0.2) is 71.5 Å². The zero-order chi connectivity index (χ0) is 16.8. The van der Waals surface area contributed by atoms with Crippen LogP contribution < -0.4 is 10.6 Å². The molecule has 0 aliphatic heterocycles. The van der Waals surface area contributed by atoms with Gasteiger partial charge in [-0.2, -0.15) is 0 Å². The highest BCUT2D eigenvalue weighted by molar-refractivity contribution is 9.10. The lowest BCUT2D eigenvalue weighted by atomic mass is 10.2. The number of amides is 1. The minimum absolute atomic E-state index is 0.255. The van der Waals surface area contributed by atoms with Gasteiger partial charge in [0.25, 0.3) is 5.91 Å². The molecule has 0 saturated heterocycles. The summed E-state index contributed by atoms with van der Waals surface area (Å²) in [5.74, 6) is -0.255. The van der Waals surface area contributed by atoms with E-state index in [0.29, 0.717) is 17.9 Å². The second-order valence-electron chi connectivity index (χ2n) is 5.07. The monoisotopic (exact) mass is 382 g/mol. The van der Waals surface area contributed by atoms with Crippen molar-refractivity contribution in [2.75, 3.05) is 10.6 Å². The molecule has 6 heteroatoms. The fourth-order valence-electron chi connectivity index (χ4n) is 2.12. The second kappa shape index (κ2) is 7.70. The van der Waals surface area contributed by atoms with Gasteiger partial charge >= 0.3 is 0 Å². The van der Waals surface area contributed by atoms with Crippen molar-refractivity contribution in [2.45, 2.75) is 6.54 Å². The minimum atomic E-state index is -0.255. The van der Waals surface area contributed by atoms with Crippen molar-refractivity contribution in [1.29, 1.82) is 0 Å². The van der Waals surface area contributed by atoms with Crippen LogP contribution >= 0.6 is 15.9 Å². The van der Waals surface area contributed by atoms with Crippen LogP contribution in [0.5, 0.6) is 0 Å². The van der Waals surface area contributed by atoms with Gasteiger partial charge in [0.05, 0.1) is 12.2 Å². The number of rotatable bonds is 5. The Bertz CT molecular complexity index is 839. The topological polar surface area (TPSA) is 66.9 Å². The van der Waals surface area contributed by atoms with Gasteiger partial charge in [-0.25, -0.2) is 0 Å². The van der Waals surface area contributed by atoms with E-state index in [1.807, 2.05) is 48.5 Å². The zero-order valence-corrected chi connectivity index (χ0v) is 14.3. The summed E-state index contributed by atoms with van der Waals surface area (Å²) in [4.78, 5) is 20.7. The molecule has 24 heavy (non-hydrogen) atoms. The molecule has 0 radical (unpaired) electrons. The summed E-state index contributed by atoms with van der Waals surface area (Å²) < 4.78 is 0.902. The van der Waals surface area contributed by atoms with Crippen LogP contribution in [-0.4, -0.2) is 15.9 Å². The van der Waals surface area contributed by atoms with Crippen molar-refractivity contribution in [2.24, 2.45) is 0 Å². The van der Waals surface area contributed by atoms with E-state index < -0.39 is 0 Å². The Morgan fingerprint density at radius 1 is 0.958 bits per heavy atom. The Balaban J connectivity index is 1.67. The van der Waals surface area contributed by atoms with Gasteiger partial charge in [-0.1, -0.05) is 28.1 Å². The molecule has 0 bridgehead atoms. The molecular weight excluding hydrogens is 368 g/mol. The van der Waals surface area contributed by atoms with E-state index in [-0.39, 0.29) is 5.91 Å². The summed E-state index contributed by atoms with van der Waals surface area (Å²) >= 11 is 3.38. The summed E-state index contributed by atoms with van der Waals surface area (Å²) in [5.41, 5.74) is 2.80. The quantitative estimate of drug-likeness (QED) is 0.696. The lowest BCUT2D eigenvalue weighted by Gasteiger charge is -2.08. The lowest BCUT2D eigenvalue weighted by molar-refractivity contribution is 0.102. The van der Waals surface area contributed by atoms with Crippen LogP contribution in [-0.2, 0) is 6.54 Å². The van der Waals surface area contributed by atoms with E-state index in [4.69, 9.17) is 0 Å². The molecule has 0 fully saturated rings. The molecule has 0 spiro atoms. The number of carbonyl (C=O) groups excluding carboxylic acids is 1. The maximum Gasteiger partial charge on any atom is 0.274 e. The molecule has 5 nitrogen and oxygen atoms in total. The number of nitrogens with one attached hydrogen (secondary N) is 2. The van der Waals surface area contributed by atoms with E-state index in [0.717, 1.165) is 15.9 Å². The number of hydrogen-bond donors (Lipinski definition) is 2. The van der Waals surface area contributed by atoms with Crippen molar-refractivity contribution < 1.29 is 4.79 Å². The van der Waals surface area contributed by atoms with Gasteiger partial charge in [0, 0.05) is 28.2 Å². The van der Waals surface area contributed by atoms with Crippen molar-refractivity contribution >= 4 is 33.2 Å². The maximum absolute atomic E-state index is 12.3. The number of pyridine rings is 2. The van der Waals surface area contributed by atoms with Crippen LogP contribution in [0.2, 0.25) is 0 Å². The van der Waals surface area contributed by atoms with Gasteiger partial charge in [0.1, 0.15) is 5.69 Å². The maximum atomic E-state index is 12.3. The largest absolute Gasteiger partial charge is 0.379 e. The van der Waals surface area contributed by atoms with Gasteiger partial charge in [0.2, 0.25) is 0 Å². The van der Waals surface area contributed by atoms with Gasteiger partial charge in [-0.05, 0) is 42.5 Å². The molecule has 0 aliphatic rings. The fraction of sp³-hybridized carbons (Fsp3) is 0.0556. The number of anilines is 2. The summed E-state index contributed by atoms with van der Waals surface area (Å²) in [7, 11) is 0. The molecule has 3 aromatic rings. The van der Waals surface area contributed by atoms with E-state index in [9.17, 15) is 4.79 Å². The summed E-state index contributed by atoms with van der Waals surface area (Å²) in [6.45, 7) is 0.581. The zero-order valence-electron chi connectivity index (χ0n) is 12.7. The average molecular weight is 383 g/mol. The van der Waals surface area contributed by atoms with Crippen LogP contribution in [0.1, 0.15) is 16.2 Å². The third-order valence-corrected chi connectivity index (χ3v) is 3.77. The Kier molecular flexibility index (Phi) is 5.18. The molecular formula is C18H15BrN4O. The molecule has 3 rings (SSSR count). The molecule has 1 aromatic carbocycles. The average Bonchev–Trinajstić information content (AvgIpc) is 2.61. The van der Waals surface area contributed by atoms with E-state index in [1.165, 1.54) is 0 Å². The minimum Gasteiger partial charge on any atom is -0.379 e. The van der Waals surface area contributed by atoms with Crippen molar-refractivity contribution in [3.63, 3.8) is 0 Å². The number of nitrogens with zero attached hydrogens (tertiary/aromatic N) is 2. The normalized spacial score (nSPS) is 10.2. The Labute approximate surface area is 148 Å². The molecule has 2 heterocycles. The number of halogens is 1. The molecule has 2 N–H and O–H groups in total. The highest BCUT2D eigenvalue weighted by Crippen LogP contribution is 2.17. The number of carbonyl (C=O) groups is 1. The van der Waals surface area contributed by atoms with Crippen LogP contribution in [0.4, 0.5) is 11.4 Å². The third-order valence-electron chi connectivity index (χ3n) is 3.27. The van der Waals surface area contributed by atoms with E-state index in [2.05, 4.69) is 36.5 Å². The van der Waals surface area contributed by atoms with E-state index >= 15 is 0 Å². The fourth-order valence-corrected chi connectivity index (χ4v) is 2.52. The standard InChI is InChI=1S/C18H15BrN4O/c19-13-4-3-6-15(10-13)23-18(24)17-11-14(7-9-21-17)22-12-16-5-1-2-8-20-16/h1-11H,12H2,(H,21,22)(H,23,24). The van der Waals surface area contributed by atoms with Gasteiger partial charge in [-0.15, -0.1) is 0 Å². The highest BCUT2D eigenvalue weighted by atomic mass is 79.9. The highest BCUT2D eigenvalue weighted by Gasteiger charge is 2.09. The first-order valence-electron chi connectivity index (χ1n) is 7.37. The summed E-state index contributed by atoms with van der Waals surface area (Å²) in [6.07, 6.45) is 3.36. The third kappa shape index (κ3) is 4.39. The first kappa shape index (κ1) is 16.1. The van der Waals surface area contributed by atoms with Crippen LogP contribution in [0.3, 0.4) is 0 Å². The van der Waals surface area contributed by atoms with Crippen LogP contribution in [0.25, 0.3) is 0 Å². The van der Waals surface area contributed by atoms with E-state index in [1.54, 1.807) is 18.5 Å². The van der Waals surface area contributed by atoms with Gasteiger partial charge in [0.15, 0.2) is 0 Å². The lowest BCUT2D eigenvalue weighted by Crippen LogP contribution is -2.14. The molecule has 0 atom stereocenters. The summed E-state index contributed by atoms with van der Waals surface area (Å²) in [5, 5.41) is 6.07. The SMILES string of the molecule is O=C(Nc1cccc(Br)c1)c1cc(NCc2ccccn2)ccn1. The van der Waals surface area contributed by atoms with Crippen LogP contribution in [0, 0.1) is 0 Å². The summed E-state index contributed by atoms with van der Waals surface area (Å²) in [6, 6.07) is 16.7. The molecule has 0 aliphatic carbocycles. The smallest absolute Gasteiger partial charge is 0.274 e. The van der Waals surface area contributed by atoms with Gasteiger partial charge < -0.3 is 10.6 Å². The molecule has 0 saturated carbocycles.